The molecule has 2 N–H and O–H groups in total. The Morgan fingerprint density at radius 3 is 2.44 bits per heavy atom. The fraction of sp³-hybridized carbons (Fsp3) is 0.214. The standard InChI is InChI=1S/C14H17N3O/c1-10-8-13(18-16-10)9-14(15)11-4-6-12(7-5-11)17(2)3/h4-9H,15H2,1-3H3/b14-9+. The van der Waals surface area contributed by atoms with E-state index >= 15 is 0 Å². The highest BCUT2D eigenvalue weighted by atomic mass is 16.5. The lowest BCUT2D eigenvalue weighted by molar-refractivity contribution is 0.408. The van der Waals surface area contributed by atoms with Gasteiger partial charge in [-0.15, -0.1) is 0 Å². The molecule has 2 aromatic rings. The van der Waals surface area contributed by atoms with Gasteiger partial charge in [0.1, 0.15) is 0 Å². The van der Waals surface area contributed by atoms with Crippen LogP contribution in [0.5, 0.6) is 0 Å². The molecule has 0 bridgehead atoms. The summed E-state index contributed by atoms with van der Waals surface area (Å²) in [7, 11) is 4.01. The Balaban J connectivity index is 2.23. The Labute approximate surface area is 107 Å². The van der Waals surface area contributed by atoms with E-state index in [2.05, 4.69) is 5.16 Å². The van der Waals surface area contributed by atoms with Gasteiger partial charge in [0.05, 0.1) is 5.69 Å². The van der Waals surface area contributed by atoms with Crippen LogP contribution in [0, 0.1) is 6.92 Å². The average Bonchev–Trinajstić information content (AvgIpc) is 2.75. The van der Waals surface area contributed by atoms with Gasteiger partial charge in [0, 0.05) is 37.6 Å². The van der Waals surface area contributed by atoms with Crippen LogP contribution in [-0.4, -0.2) is 19.3 Å². The van der Waals surface area contributed by atoms with Crippen LogP contribution in [0.4, 0.5) is 5.69 Å². The zero-order valence-corrected chi connectivity index (χ0v) is 10.8. The molecule has 94 valence electrons. The molecule has 4 heteroatoms. The summed E-state index contributed by atoms with van der Waals surface area (Å²) in [6.07, 6.45) is 1.78. The number of benzene rings is 1. The number of anilines is 1. The van der Waals surface area contributed by atoms with Crippen LogP contribution < -0.4 is 10.6 Å². The van der Waals surface area contributed by atoms with E-state index in [0.717, 1.165) is 16.9 Å². The minimum absolute atomic E-state index is 0.663. The molecule has 1 aromatic heterocycles. The van der Waals surface area contributed by atoms with Gasteiger partial charge in [0.2, 0.25) is 0 Å². The maximum atomic E-state index is 6.02. The number of rotatable bonds is 3. The molecule has 0 spiro atoms. The minimum atomic E-state index is 0.663. The minimum Gasteiger partial charge on any atom is -0.398 e. The predicted molar refractivity (Wildman–Crippen MR) is 74.1 cm³/mol. The summed E-state index contributed by atoms with van der Waals surface area (Å²) in [5.41, 5.74) is 9.64. The first-order valence-corrected chi connectivity index (χ1v) is 5.74. The summed E-state index contributed by atoms with van der Waals surface area (Å²) < 4.78 is 5.10. The number of nitrogens with two attached hydrogens (primary N) is 1. The topological polar surface area (TPSA) is 55.3 Å². The molecule has 2 rings (SSSR count). The van der Waals surface area contributed by atoms with Crippen molar-refractivity contribution >= 4 is 17.5 Å². The number of hydrogen-bond donors (Lipinski definition) is 1. The highest BCUT2D eigenvalue weighted by molar-refractivity contribution is 5.78. The van der Waals surface area contributed by atoms with Gasteiger partial charge >= 0.3 is 0 Å². The molecule has 0 radical (unpaired) electrons. The van der Waals surface area contributed by atoms with Crippen molar-refractivity contribution in [3.05, 3.63) is 47.3 Å². The van der Waals surface area contributed by atoms with Crippen LogP contribution in [0.2, 0.25) is 0 Å². The van der Waals surface area contributed by atoms with Gasteiger partial charge in [0.15, 0.2) is 5.76 Å². The monoisotopic (exact) mass is 243 g/mol. The largest absolute Gasteiger partial charge is 0.398 e. The molecular weight excluding hydrogens is 226 g/mol. The second-order valence-electron chi connectivity index (χ2n) is 4.41. The van der Waals surface area contributed by atoms with Crippen LogP contribution in [0.25, 0.3) is 11.8 Å². The molecule has 0 fully saturated rings. The van der Waals surface area contributed by atoms with Crippen LogP contribution in [0.1, 0.15) is 17.0 Å². The first-order chi connectivity index (χ1) is 8.56. The van der Waals surface area contributed by atoms with E-state index in [9.17, 15) is 0 Å². The summed E-state index contributed by atoms with van der Waals surface area (Å²) >= 11 is 0. The lowest BCUT2D eigenvalue weighted by Gasteiger charge is -2.12. The van der Waals surface area contributed by atoms with Gasteiger partial charge in [-0.25, -0.2) is 0 Å². The van der Waals surface area contributed by atoms with Crippen LogP contribution in [-0.2, 0) is 0 Å². The van der Waals surface area contributed by atoms with Crippen molar-refractivity contribution in [2.24, 2.45) is 5.73 Å². The van der Waals surface area contributed by atoms with E-state index in [1.54, 1.807) is 6.08 Å². The van der Waals surface area contributed by atoms with Crippen molar-refractivity contribution in [3.63, 3.8) is 0 Å². The third kappa shape index (κ3) is 2.71. The second kappa shape index (κ2) is 4.96. The summed E-state index contributed by atoms with van der Waals surface area (Å²) in [6, 6.07) is 9.89. The number of hydrogen-bond acceptors (Lipinski definition) is 4. The van der Waals surface area contributed by atoms with E-state index in [1.165, 1.54) is 0 Å². The predicted octanol–water partition coefficient (Wildman–Crippen LogP) is 2.51. The highest BCUT2D eigenvalue weighted by Gasteiger charge is 2.02. The Morgan fingerprint density at radius 2 is 1.94 bits per heavy atom. The normalized spacial score (nSPS) is 11.6. The molecule has 18 heavy (non-hydrogen) atoms. The number of nitrogens with zero attached hydrogens (tertiary/aromatic N) is 2. The van der Waals surface area contributed by atoms with Crippen LogP contribution in [0.3, 0.4) is 0 Å². The van der Waals surface area contributed by atoms with Crippen molar-refractivity contribution in [2.45, 2.75) is 6.92 Å². The van der Waals surface area contributed by atoms with E-state index in [4.69, 9.17) is 10.3 Å². The lowest BCUT2D eigenvalue weighted by atomic mass is 10.1. The molecule has 0 saturated carbocycles. The maximum Gasteiger partial charge on any atom is 0.161 e. The van der Waals surface area contributed by atoms with Crippen LogP contribution >= 0.6 is 0 Å². The number of aromatic nitrogens is 1. The third-order valence-corrected chi connectivity index (χ3v) is 2.66. The van der Waals surface area contributed by atoms with Gasteiger partial charge in [0.25, 0.3) is 0 Å². The Bertz CT molecular complexity index is 553. The fourth-order valence-electron chi connectivity index (χ4n) is 1.64. The molecule has 0 atom stereocenters. The summed E-state index contributed by atoms with van der Waals surface area (Å²) in [5.74, 6) is 0.668. The summed E-state index contributed by atoms with van der Waals surface area (Å²) in [5, 5.41) is 3.82. The van der Waals surface area contributed by atoms with E-state index in [1.807, 2.05) is 56.3 Å². The van der Waals surface area contributed by atoms with Crippen molar-refractivity contribution < 1.29 is 4.52 Å². The molecule has 1 heterocycles. The first kappa shape index (κ1) is 12.2. The van der Waals surface area contributed by atoms with Gasteiger partial charge in [-0.05, 0) is 24.6 Å². The van der Waals surface area contributed by atoms with Crippen molar-refractivity contribution in [2.75, 3.05) is 19.0 Å². The van der Waals surface area contributed by atoms with Crippen molar-refractivity contribution in [1.29, 1.82) is 0 Å². The molecule has 0 saturated heterocycles. The fourth-order valence-corrected chi connectivity index (χ4v) is 1.64. The lowest BCUT2D eigenvalue weighted by Crippen LogP contribution is -2.08. The highest BCUT2D eigenvalue weighted by Crippen LogP contribution is 2.18. The second-order valence-corrected chi connectivity index (χ2v) is 4.41. The zero-order chi connectivity index (χ0) is 13.1. The Kier molecular flexibility index (Phi) is 3.37. The number of aryl methyl sites for hydroxylation is 1. The molecule has 0 aliphatic rings. The molecule has 1 aromatic carbocycles. The molecule has 0 aliphatic carbocycles. The Morgan fingerprint density at radius 1 is 1.28 bits per heavy atom. The van der Waals surface area contributed by atoms with Gasteiger partial charge in [-0.1, -0.05) is 17.3 Å². The Hall–Kier alpha value is -2.23. The average molecular weight is 243 g/mol. The van der Waals surface area contributed by atoms with Gasteiger partial charge in [-0.3, -0.25) is 0 Å². The zero-order valence-electron chi connectivity index (χ0n) is 10.8. The van der Waals surface area contributed by atoms with Gasteiger partial charge < -0.3 is 15.2 Å². The molecule has 0 aliphatic heterocycles. The van der Waals surface area contributed by atoms with E-state index in [0.29, 0.717) is 11.5 Å². The van der Waals surface area contributed by atoms with Crippen molar-refractivity contribution in [1.82, 2.24) is 5.16 Å². The smallest absolute Gasteiger partial charge is 0.161 e. The quantitative estimate of drug-likeness (QED) is 0.900. The molecule has 0 amide bonds. The summed E-state index contributed by atoms with van der Waals surface area (Å²) in [4.78, 5) is 2.05. The molecule has 0 unspecified atom stereocenters. The third-order valence-electron chi connectivity index (χ3n) is 2.66. The SMILES string of the molecule is Cc1cc(/C=C(/N)c2ccc(N(C)C)cc2)on1. The van der Waals surface area contributed by atoms with Crippen LogP contribution in [0.15, 0.2) is 34.9 Å². The summed E-state index contributed by atoms with van der Waals surface area (Å²) in [6.45, 7) is 1.88. The molecule has 4 nitrogen and oxygen atoms in total. The first-order valence-electron chi connectivity index (χ1n) is 5.74. The van der Waals surface area contributed by atoms with E-state index in [-0.39, 0.29) is 0 Å². The van der Waals surface area contributed by atoms with Crippen molar-refractivity contribution in [3.8, 4) is 0 Å². The van der Waals surface area contributed by atoms with E-state index < -0.39 is 0 Å². The molecular formula is C14H17N3O. The van der Waals surface area contributed by atoms with Gasteiger partial charge in [-0.2, -0.15) is 0 Å². The maximum absolute atomic E-state index is 6.02.